The van der Waals surface area contributed by atoms with E-state index in [-0.39, 0.29) is 6.61 Å². The Bertz CT molecular complexity index is 180. The maximum atomic E-state index is 10.5. The van der Waals surface area contributed by atoms with Crippen molar-refractivity contribution in [3.05, 3.63) is 23.8 Å². The Labute approximate surface area is 66.0 Å². The molecule has 0 bridgehead atoms. The Morgan fingerprint density at radius 1 is 1.64 bits per heavy atom. The summed E-state index contributed by atoms with van der Waals surface area (Å²) in [7, 11) is 1.31. The molecular weight excluding hydrogens is 144 g/mol. The Kier molecular flexibility index (Phi) is 5.11. The molecule has 0 fully saturated rings. The van der Waals surface area contributed by atoms with E-state index in [0.717, 1.165) is 5.57 Å². The van der Waals surface area contributed by atoms with Gasteiger partial charge in [0.05, 0.1) is 13.7 Å². The van der Waals surface area contributed by atoms with Gasteiger partial charge in [-0.2, -0.15) is 0 Å². The van der Waals surface area contributed by atoms with Crippen LogP contribution < -0.4 is 0 Å². The average molecular weight is 156 g/mol. The molecule has 0 aromatic rings. The van der Waals surface area contributed by atoms with E-state index in [1.54, 1.807) is 13.0 Å². The van der Waals surface area contributed by atoms with Crippen LogP contribution in [0.4, 0.5) is 0 Å². The van der Waals surface area contributed by atoms with Crippen molar-refractivity contribution in [1.29, 1.82) is 0 Å². The normalized spacial score (nSPS) is 12.1. The van der Waals surface area contributed by atoms with E-state index < -0.39 is 5.97 Å². The number of allylic oxidation sites excluding steroid dienone is 2. The van der Waals surface area contributed by atoms with Crippen molar-refractivity contribution in [2.75, 3.05) is 13.7 Å². The summed E-state index contributed by atoms with van der Waals surface area (Å²) in [5.74, 6) is -0.396. The first-order valence-electron chi connectivity index (χ1n) is 3.23. The molecule has 1 N–H and O–H groups in total. The molecule has 0 saturated heterocycles. The third-order valence-corrected chi connectivity index (χ3v) is 1.06. The fraction of sp³-hybridized carbons (Fsp3) is 0.375. The van der Waals surface area contributed by atoms with Crippen molar-refractivity contribution in [2.24, 2.45) is 0 Å². The number of carbonyl (C=O) groups is 1. The summed E-state index contributed by atoms with van der Waals surface area (Å²) in [6, 6.07) is 0. The molecule has 0 aromatic carbocycles. The fourth-order valence-corrected chi connectivity index (χ4v) is 0.412. The summed E-state index contributed by atoms with van der Waals surface area (Å²) in [4.78, 5) is 10.5. The van der Waals surface area contributed by atoms with E-state index in [4.69, 9.17) is 5.11 Å². The zero-order chi connectivity index (χ0) is 8.69. The minimum atomic E-state index is -0.396. The van der Waals surface area contributed by atoms with Crippen LogP contribution in [0.25, 0.3) is 0 Å². The maximum Gasteiger partial charge on any atom is 0.330 e. The number of hydrogen-bond acceptors (Lipinski definition) is 3. The molecule has 3 nitrogen and oxygen atoms in total. The van der Waals surface area contributed by atoms with Gasteiger partial charge in [-0.1, -0.05) is 12.2 Å². The van der Waals surface area contributed by atoms with Gasteiger partial charge in [-0.25, -0.2) is 4.79 Å². The smallest absolute Gasteiger partial charge is 0.330 e. The summed E-state index contributed by atoms with van der Waals surface area (Å²) in [6.45, 7) is 1.77. The minimum Gasteiger partial charge on any atom is -0.466 e. The van der Waals surface area contributed by atoms with Gasteiger partial charge in [0.15, 0.2) is 0 Å². The number of aliphatic hydroxyl groups is 1. The minimum absolute atomic E-state index is 0.00547. The molecular formula is C8H12O3. The van der Waals surface area contributed by atoms with Crippen LogP contribution in [0.15, 0.2) is 23.8 Å². The molecule has 0 aliphatic carbocycles. The van der Waals surface area contributed by atoms with Gasteiger partial charge in [0.2, 0.25) is 0 Å². The van der Waals surface area contributed by atoms with Crippen LogP contribution in [0, 0.1) is 0 Å². The van der Waals surface area contributed by atoms with Crippen LogP contribution in [-0.4, -0.2) is 24.8 Å². The van der Waals surface area contributed by atoms with Gasteiger partial charge in [0.25, 0.3) is 0 Å². The van der Waals surface area contributed by atoms with E-state index in [9.17, 15) is 4.79 Å². The number of ether oxygens (including phenoxy) is 1. The quantitative estimate of drug-likeness (QED) is 0.371. The highest BCUT2D eigenvalue weighted by molar-refractivity contribution is 5.82. The van der Waals surface area contributed by atoms with Gasteiger partial charge in [-0.05, 0) is 12.5 Å². The first-order chi connectivity index (χ1) is 5.20. The second kappa shape index (κ2) is 5.68. The van der Waals surface area contributed by atoms with Crippen LogP contribution in [0.3, 0.4) is 0 Å². The average Bonchev–Trinajstić information content (AvgIpc) is 2.04. The van der Waals surface area contributed by atoms with Gasteiger partial charge in [0, 0.05) is 6.08 Å². The number of carbonyl (C=O) groups excluding carboxylic acids is 1. The molecule has 0 aliphatic heterocycles. The van der Waals surface area contributed by atoms with E-state index in [2.05, 4.69) is 4.74 Å². The van der Waals surface area contributed by atoms with Crippen molar-refractivity contribution in [3.63, 3.8) is 0 Å². The Morgan fingerprint density at radius 2 is 2.27 bits per heavy atom. The maximum absolute atomic E-state index is 10.5. The number of rotatable bonds is 3. The zero-order valence-electron chi connectivity index (χ0n) is 6.70. The van der Waals surface area contributed by atoms with Crippen LogP contribution in [0.2, 0.25) is 0 Å². The molecule has 0 unspecified atom stereocenters. The van der Waals surface area contributed by atoms with Crippen LogP contribution in [-0.2, 0) is 9.53 Å². The SMILES string of the molecule is COC(=O)C=CC=C(C)CO. The van der Waals surface area contributed by atoms with Gasteiger partial charge in [-0.15, -0.1) is 0 Å². The van der Waals surface area contributed by atoms with Crippen molar-refractivity contribution < 1.29 is 14.6 Å². The highest BCUT2D eigenvalue weighted by Gasteiger charge is 1.87. The second-order valence-corrected chi connectivity index (χ2v) is 2.05. The van der Waals surface area contributed by atoms with E-state index >= 15 is 0 Å². The third kappa shape index (κ3) is 5.36. The monoisotopic (exact) mass is 156 g/mol. The predicted octanol–water partition coefficient (Wildman–Crippen LogP) is 0.654. The van der Waals surface area contributed by atoms with Crippen molar-refractivity contribution in [1.82, 2.24) is 0 Å². The fourth-order valence-electron chi connectivity index (χ4n) is 0.412. The molecule has 0 spiro atoms. The number of aliphatic hydroxyl groups excluding tert-OH is 1. The topological polar surface area (TPSA) is 46.5 Å². The lowest BCUT2D eigenvalue weighted by Gasteiger charge is -1.89. The Hall–Kier alpha value is -1.09. The highest BCUT2D eigenvalue weighted by Crippen LogP contribution is 1.90. The van der Waals surface area contributed by atoms with Crippen LogP contribution in [0.1, 0.15) is 6.92 Å². The van der Waals surface area contributed by atoms with Crippen LogP contribution >= 0.6 is 0 Å². The first-order valence-corrected chi connectivity index (χ1v) is 3.23. The molecule has 3 heteroatoms. The number of esters is 1. The largest absolute Gasteiger partial charge is 0.466 e. The van der Waals surface area contributed by atoms with E-state index in [1.165, 1.54) is 19.3 Å². The summed E-state index contributed by atoms with van der Waals surface area (Å²) < 4.78 is 4.35. The molecule has 0 atom stereocenters. The van der Waals surface area contributed by atoms with Gasteiger partial charge in [-0.3, -0.25) is 0 Å². The van der Waals surface area contributed by atoms with Crippen molar-refractivity contribution >= 4 is 5.97 Å². The van der Waals surface area contributed by atoms with Gasteiger partial charge >= 0.3 is 5.97 Å². The third-order valence-electron chi connectivity index (χ3n) is 1.06. The Balaban J connectivity index is 3.85. The first kappa shape index (κ1) is 9.91. The lowest BCUT2D eigenvalue weighted by atomic mass is 10.3. The van der Waals surface area contributed by atoms with E-state index in [0.29, 0.717) is 0 Å². The van der Waals surface area contributed by atoms with Crippen molar-refractivity contribution in [3.8, 4) is 0 Å². The molecule has 0 heterocycles. The zero-order valence-corrected chi connectivity index (χ0v) is 6.70. The summed E-state index contributed by atoms with van der Waals surface area (Å²) in [6.07, 6.45) is 4.48. The van der Waals surface area contributed by atoms with Gasteiger partial charge in [0.1, 0.15) is 0 Å². The molecule has 11 heavy (non-hydrogen) atoms. The predicted molar refractivity (Wildman–Crippen MR) is 42.0 cm³/mol. The molecule has 0 saturated carbocycles. The van der Waals surface area contributed by atoms with Gasteiger partial charge < -0.3 is 9.84 Å². The standard InChI is InChI=1S/C8H12O3/c1-7(6-9)4-3-5-8(10)11-2/h3-5,9H,6H2,1-2H3. The summed E-state index contributed by atoms with van der Waals surface area (Å²) >= 11 is 0. The molecule has 0 rings (SSSR count). The molecule has 0 radical (unpaired) electrons. The van der Waals surface area contributed by atoms with Crippen molar-refractivity contribution in [2.45, 2.75) is 6.92 Å². The lowest BCUT2D eigenvalue weighted by Crippen LogP contribution is -1.93. The highest BCUT2D eigenvalue weighted by atomic mass is 16.5. The molecule has 0 aliphatic rings. The second-order valence-electron chi connectivity index (χ2n) is 2.05. The Morgan fingerprint density at radius 3 is 2.73 bits per heavy atom. The van der Waals surface area contributed by atoms with E-state index in [1.807, 2.05) is 0 Å². The molecule has 62 valence electrons. The summed E-state index contributed by atoms with van der Waals surface area (Å²) in [5, 5.41) is 8.54. The molecule has 0 aromatic heterocycles. The summed E-state index contributed by atoms with van der Waals surface area (Å²) in [5.41, 5.74) is 0.796. The number of methoxy groups -OCH3 is 1. The lowest BCUT2D eigenvalue weighted by molar-refractivity contribution is -0.134. The van der Waals surface area contributed by atoms with Crippen LogP contribution in [0.5, 0.6) is 0 Å². The number of hydrogen-bond donors (Lipinski definition) is 1. The molecule has 0 amide bonds.